The summed E-state index contributed by atoms with van der Waals surface area (Å²) in [4.78, 5) is 5.11. The van der Waals surface area contributed by atoms with Crippen molar-refractivity contribution in [2.75, 3.05) is 33.2 Å². The average Bonchev–Trinajstić information content (AvgIpc) is 3.09. The average molecular weight is 372 g/mol. The smallest absolute Gasteiger partial charge is 0.243 e. The van der Waals surface area contributed by atoms with Crippen LogP contribution >= 0.6 is 0 Å². The monoisotopic (exact) mass is 371 g/mol. The van der Waals surface area contributed by atoms with E-state index in [0.29, 0.717) is 18.0 Å². The van der Waals surface area contributed by atoms with Crippen molar-refractivity contribution in [1.82, 2.24) is 14.1 Å². The largest absolute Gasteiger partial charge is 0.304 e. The number of piperazine rings is 1. The van der Waals surface area contributed by atoms with E-state index in [2.05, 4.69) is 16.8 Å². The number of rotatable bonds is 4. The molecule has 0 aliphatic carbocycles. The lowest BCUT2D eigenvalue weighted by atomic mass is 10.1. The summed E-state index contributed by atoms with van der Waals surface area (Å²) in [7, 11) is -1.33. The lowest BCUT2D eigenvalue weighted by Gasteiger charge is -2.32. The Balaban J connectivity index is 1.51. The lowest BCUT2D eigenvalue weighted by molar-refractivity contribution is 0.148. The maximum atomic E-state index is 13.1. The molecule has 0 aromatic heterocycles. The lowest BCUT2D eigenvalue weighted by Crippen LogP contribution is -2.43. The van der Waals surface area contributed by atoms with Crippen LogP contribution in [-0.4, -0.2) is 55.7 Å². The van der Waals surface area contributed by atoms with Gasteiger partial charge in [-0.2, -0.15) is 4.31 Å². The molecule has 2 aromatic rings. The molecular formula is C20H25N3O2S. The fourth-order valence-electron chi connectivity index (χ4n) is 3.69. The van der Waals surface area contributed by atoms with Crippen LogP contribution in [0.5, 0.6) is 0 Å². The molecule has 26 heavy (non-hydrogen) atoms. The van der Waals surface area contributed by atoms with Crippen LogP contribution in [0.4, 0.5) is 0 Å². The van der Waals surface area contributed by atoms with Crippen molar-refractivity contribution >= 4 is 10.0 Å². The van der Waals surface area contributed by atoms with Gasteiger partial charge in [0.2, 0.25) is 10.0 Å². The highest BCUT2D eigenvalue weighted by Crippen LogP contribution is 2.28. The third kappa shape index (κ3) is 3.55. The molecule has 6 heteroatoms. The standard InChI is InChI=1S/C20H25N3O2S/c1-21-9-11-22(12-10-21)14-17-5-4-8-20(13-17)26(24,25)23-15-18-6-2-3-7-19(18)16-23/h2-8,13H,9-12,14-16H2,1H3. The summed E-state index contributed by atoms with van der Waals surface area (Å²) < 4.78 is 27.8. The summed E-state index contributed by atoms with van der Waals surface area (Å²) in [5, 5.41) is 0. The molecule has 5 nitrogen and oxygen atoms in total. The Morgan fingerprint density at radius 2 is 1.54 bits per heavy atom. The van der Waals surface area contributed by atoms with Gasteiger partial charge in [-0.05, 0) is 35.9 Å². The minimum atomic E-state index is -3.47. The maximum absolute atomic E-state index is 13.1. The first-order chi connectivity index (χ1) is 12.5. The molecule has 0 N–H and O–H groups in total. The Morgan fingerprint density at radius 1 is 0.885 bits per heavy atom. The molecule has 0 bridgehead atoms. The minimum absolute atomic E-state index is 0.400. The van der Waals surface area contributed by atoms with Gasteiger partial charge in [0, 0.05) is 45.8 Å². The van der Waals surface area contributed by atoms with Crippen LogP contribution in [0, 0.1) is 0 Å². The van der Waals surface area contributed by atoms with Crippen molar-refractivity contribution in [3.05, 3.63) is 65.2 Å². The molecule has 0 saturated carbocycles. The third-order valence-corrected chi connectivity index (χ3v) is 7.14. The zero-order valence-corrected chi connectivity index (χ0v) is 16.0. The first-order valence-electron chi connectivity index (χ1n) is 9.09. The molecule has 0 spiro atoms. The molecule has 0 amide bonds. The van der Waals surface area contributed by atoms with E-state index in [1.54, 1.807) is 10.4 Å². The van der Waals surface area contributed by atoms with Gasteiger partial charge in [0.25, 0.3) is 0 Å². The van der Waals surface area contributed by atoms with Crippen LogP contribution in [0.15, 0.2) is 53.4 Å². The molecule has 0 unspecified atom stereocenters. The van der Waals surface area contributed by atoms with E-state index in [-0.39, 0.29) is 0 Å². The Morgan fingerprint density at radius 3 is 2.19 bits per heavy atom. The summed E-state index contributed by atoms with van der Waals surface area (Å²) in [6, 6.07) is 15.4. The van der Waals surface area contributed by atoms with Gasteiger partial charge in [0.1, 0.15) is 0 Å². The van der Waals surface area contributed by atoms with E-state index in [1.165, 1.54) is 0 Å². The highest BCUT2D eigenvalue weighted by molar-refractivity contribution is 7.89. The second kappa shape index (κ2) is 7.12. The molecule has 138 valence electrons. The number of sulfonamides is 1. The van der Waals surface area contributed by atoms with Crippen LogP contribution < -0.4 is 0 Å². The normalized spacial score (nSPS) is 19.6. The second-order valence-electron chi connectivity index (χ2n) is 7.27. The van der Waals surface area contributed by atoms with Crippen LogP contribution in [0.1, 0.15) is 16.7 Å². The Kier molecular flexibility index (Phi) is 4.84. The predicted molar refractivity (Wildman–Crippen MR) is 102 cm³/mol. The third-order valence-electron chi connectivity index (χ3n) is 5.35. The molecule has 2 aromatic carbocycles. The number of benzene rings is 2. The van der Waals surface area contributed by atoms with Crippen molar-refractivity contribution in [3.63, 3.8) is 0 Å². The number of hydrogen-bond donors (Lipinski definition) is 0. The van der Waals surface area contributed by atoms with Crippen LogP contribution in [0.3, 0.4) is 0 Å². The van der Waals surface area contributed by atoms with Crippen molar-refractivity contribution in [1.29, 1.82) is 0 Å². The first-order valence-corrected chi connectivity index (χ1v) is 10.5. The van der Waals surface area contributed by atoms with Gasteiger partial charge in [0.15, 0.2) is 0 Å². The molecular weight excluding hydrogens is 346 g/mol. The van der Waals surface area contributed by atoms with E-state index < -0.39 is 10.0 Å². The quantitative estimate of drug-likeness (QED) is 0.826. The molecule has 1 saturated heterocycles. The number of likely N-dealkylation sites (N-methyl/N-ethyl adjacent to an activating group) is 1. The highest BCUT2D eigenvalue weighted by Gasteiger charge is 2.30. The van der Waals surface area contributed by atoms with Crippen LogP contribution in [0.2, 0.25) is 0 Å². The SMILES string of the molecule is CN1CCN(Cc2cccc(S(=O)(=O)N3Cc4ccccc4C3)c2)CC1. The summed E-state index contributed by atoms with van der Waals surface area (Å²) in [5.41, 5.74) is 3.27. The van der Waals surface area contributed by atoms with Gasteiger partial charge < -0.3 is 4.90 Å². The van der Waals surface area contributed by atoms with Crippen LogP contribution in [-0.2, 0) is 29.7 Å². The molecule has 2 aliphatic heterocycles. The van der Waals surface area contributed by atoms with Crippen molar-refractivity contribution in [3.8, 4) is 0 Å². The second-order valence-corrected chi connectivity index (χ2v) is 9.21. The number of fused-ring (bicyclic) bond motifs is 1. The van der Waals surface area contributed by atoms with Crippen LogP contribution in [0.25, 0.3) is 0 Å². The Bertz CT molecular complexity index is 864. The predicted octanol–water partition coefficient (Wildman–Crippen LogP) is 2.14. The number of nitrogens with zero attached hydrogens (tertiary/aromatic N) is 3. The van der Waals surface area contributed by atoms with Crippen molar-refractivity contribution in [2.45, 2.75) is 24.5 Å². The van der Waals surface area contributed by atoms with Gasteiger partial charge >= 0.3 is 0 Å². The van der Waals surface area contributed by atoms with Crippen molar-refractivity contribution < 1.29 is 8.42 Å². The molecule has 1 fully saturated rings. The van der Waals surface area contributed by atoms with Gasteiger partial charge in [0.05, 0.1) is 4.90 Å². The van der Waals surface area contributed by atoms with E-state index >= 15 is 0 Å². The Hall–Kier alpha value is -1.73. The summed E-state index contributed by atoms with van der Waals surface area (Å²) in [6.45, 7) is 5.89. The highest BCUT2D eigenvalue weighted by atomic mass is 32.2. The fraction of sp³-hybridized carbons (Fsp3) is 0.400. The summed E-state index contributed by atoms with van der Waals surface area (Å²) in [6.07, 6.45) is 0. The molecule has 0 atom stereocenters. The molecule has 2 heterocycles. The number of hydrogen-bond acceptors (Lipinski definition) is 4. The van der Waals surface area contributed by atoms with Gasteiger partial charge in [-0.25, -0.2) is 8.42 Å². The van der Waals surface area contributed by atoms with Gasteiger partial charge in [-0.1, -0.05) is 36.4 Å². The van der Waals surface area contributed by atoms with E-state index in [9.17, 15) is 8.42 Å². The summed E-state index contributed by atoms with van der Waals surface area (Å²) in [5.74, 6) is 0. The molecule has 0 radical (unpaired) electrons. The molecule has 4 rings (SSSR count). The first kappa shape index (κ1) is 17.7. The molecule has 2 aliphatic rings. The fourth-order valence-corrected chi connectivity index (χ4v) is 5.16. The maximum Gasteiger partial charge on any atom is 0.243 e. The van der Waals surface area contributed by atoms with Crippen molar-refractivity contribution in [2.24, 2.45) is 0 Å². The topological polar surface area (TPSA) is 43.9 Å². The van der Waals surface area contributed by atoms with Gasteiger partial charge in [-0.15, -0.1) is 0 Å². The zero-order valence-electron chi connectivity index (χ0n) is 15.1. The summed E-state index contributed by atoms with van der Waals surface area (Å²) >= 11 is 0. The Labute approximate surface area is 155 Å². The van der Waals surface area contributed by atoms with E-state index in [4.69, 9.17) is 0 Å². The zero-order chi connectivity index (χ0) is 18.1. The minimum Gasteiger partial charge on any atom is -0.304 e. The van der Waals surface area contributed by atoms with E-state index in [0.717, 1.165) is 49.4 Å². The van der Waals surface area contributed by atoms with E-state index in [1.807, 2.05) is 42.5 Å². The van der Waals surface area contributed by atoms with Gasteiger partial charge in [-0.3, -0.25) is 4.90 Å².